The van der Waals surface area contributed by atoms with E-state index in [0.717, 1.165) is 40.9 Å². The van der Waals surface area contributed by atoms with E-state index >= 15 is 0 Å². The second-order valence-electron chi connectivity index (χ2n) is 8.88. The first kappa shape index (κ1) is 22.6. The van der Waals surface area contributed by atoms with Crippen LogP contribution in [-0.4, -0.2) is 38.9 Å². The molecule has 0 radical (unpaired) electrons. The van der Waals surface area contributed by atoms with Crippen molar-refractivity contribution in [3.63, 3.8) is 0 Å². The van der Waals surface area contributed by atoms with Gasteiger partial charge in [-0.2, -0.15) is 0 Å². The minimum Gasteiger partial charge on any atom is -0.353 e. The van der Waals surface area contributed by atoms with Gasteiger partial charge in [-0.3, -0.25) is 4.79 Å². The first-order valence-corrected chi connectivity index (χ1v) is 11.5. The third-order valence-corrected chi connectivity index (χ3v) is 6.37. The molecule has 2 aromatic carbocycles. The summed E-state index contributed by atoms with van der Waals surface area (Å²) in [6, 6.07) is 19.8. The van der Waals surface area contributed by atoms with Gasteiger partial charge < -0.3 is 19.7 Å². The molecule has 4 rings (SSSR count). The molecule has 1 N–H and O–H groups in total. The maximum atomic E-state index is 13.5. The van der Waals surface area contributed by atoms with E-state index in [-0.39, 0.29) is 24.5 Å². The van der Waals surface area contributed by atoms with Crippen LogP contribution in [0.5, 0.6) is 0 Å². The minimum absolute atomic E-state index is 0.0527. The fourth-order valence-corrected chi connectivity index (χ4v) is 3.96. The molecule has 3 aromatic rings. The Morgan fingerprint density at radius 2 is 1.73 bits per heavy atom. The minimum atomic E-state index is -0.210. The van der Waals surface area contributed by atoms with Crippen LogP contribution in [0, 0.1) is 13.8 Å². The SMILES string of the molecule is Cc1cccc(NC(=O)N(CC(=O)N(Cc2ccccc2)Cc2cccn2C)C2CC2)c1C. The van der Waals surface area contributed by atoms with Gasteiger partial charge in [0.1, 0.15) is 6.54 Å². The lowest BCUT2D eigenvalue weighted by atomic mass is 10.1. The normalized spacial score (nSPS) is 12.9. The highest BCUT2D eigenvalue weighted by Crippen LogP contribution is 2.28. The summed E-state index contributed by atoms with van der Waals surface area (Å²) >= 11 is 0. The van der Waals surface area contributed by atoms with Crippen molar-refractivity contribution < 1.29 is 9.59 Å². The van der Waals surface area contributed by atoms with Crippen molar-refractivity contribution in [3.05, 3.63) is 89.2 Å². The Labute approximate surface area is 195 Å². The average Bonchev–Trinajstić information content (AvgIpc) is 3.57. The van der Waals surface area contributed by atoms with Crippen LogP contribution in [0.15, 0.2) is 66.9 Å². The summed E-state index contributed by atoms with van der Waals surface area (Å²) in [5, 5.41) is 3.03. The van der Waals surface area contributed by atoms with E-state index in [0.29, 0.717) is 13.1 Å². The molecule has 0 aliphatic heterocycles. The number of nitrogens with zero attached hydrogens (tertiary/aromatic N) is 3. The molecule has 0 saturated heterocycles. The summed E-state index contributed by atoms with van der Waals surface area (Å²) in [6.45, 7) is 5.09. The van der Waals surface area contributed by atoms with E-state index in [1.807, 2.05) is 97.2 Å². The molecular formula is C27H32N4O2. The molecule has 6 heteroatoms. The summed E-state index contributed by atoms with van der Waals surface area (Å²) < 4.78 is 2.02. The third-order valence-electron chi connectivity index (χ3n) is 6.37. The Morgan fingerprint density at radius 3 is 2.39 bits per heavy atom. The van der Waals surface area contributed by atoms with Gasteiger partial charge in [0.15, 0.2) is 0 Å². The molecule has 0 bridgehead atoms. The summed E-state index contributed by atoms with van der Waals surface area (Å²) in [5.74, 6) is -0.0527. The summed E-state index contributed by atoms with van der Waals surface area (Å²) in [6.07, 6.45) is 3.85. The topological polar surface area (TPSA) is 57.6 Å². The van der Waals surface area contributed by atoms with Gasteiger partial charge in [-0.15, -0.1) is 0 Å². The van der Waals surface area contributed by atoms with Crippen LogP contribution in [0.25, 0.3) is 0 Å². The summed E-state index contributed by atoms with van der Waals surface area (Å²) in [4.78, 5) is 30.2. The first-order valence-electron chi connectivity index (χ1n) is 11.5. The number of rotatable bonds is 8. The molecule has 1 aliphatic rings. The number of anilines is 1. The van der Waals surface area contributed by atoms with Crippen molar-refractivity contribution in [2.45, 2.75) is 45.8 Å². The van der Waals surface area contributed by atoms with Crippen molar-refractivity contribution in [2.24, 2.45) is 7.05 Å². The quantitative estimate of drug-likeness (QED) is 0.539. The Bertz CT molecular complexity index is 1120. The number of carbonyl (C=O) groups excluding carboxylic acids is 2. The average molecular weight is 445 g/mol. The van der Waals surface area contributed by atoms with Crippen molar-refractivity contribution in [1.29, 1.82) is 0 Å². The van der Waals surface area contributed by atoms with Crippen molar-refractivity contribution >= 4 is 17.6 Å². The van der Waals surface area contributed by atoms with E-state index < -0.39 is 0 Å². The molecule has 0 unspecified atom stereocenters. The molecular weight excluding hydrogens is 412 g/mol. The zero-order valence-electron chi connectivity index (χ0n) is 19.6. The van der Waals surface area contributed by atoms with E-state index in [4.69, 9.17) is 0 Å². The smallest absolute Gasteiger partial charge is 0.322 e. The van der Waals surface area contributed by atoms with Crippen molar-refractivity contribution in [2.75, 3.05) is 11.9 Å². The van der Waals surface area contributed by atoms with Gasteiger partial charge in [0.05, 0.1) is 6.54 Å². The molecule has 33 heavy (non-hydrogen) atoms. The highest BCUT2D eigenvalue weighted by molar-refractivity contribution is 5.93. The monoisotopic (exact) mass is 444 g/mol. The number of hydrogen-bond acceptors (Lipinski definition) is 2. The third kappa shape index (κ3) is 5.64. The highest BCUT2D eigenvalue weighted by Gasteiger charge is 2.35. The molecule has 1 aromatic heterocycles. The van der Waals surface area contributed by atoms with E-state index in [2.05, 4.69) is 5.32 Å². The number of hydrogen-bond donors (Lipinski definition) is 1. The Balaban J connectivity index is 1.51. The van der Waals surface area contributed by atoms with Crippen LogP contribution >= 0.6 is 0 Å². The number of urea groups is 1. The predicted molar refractivity (Wildman–Crippen MR) is 131 cm³/mol. The highest BCUT2D eigenvalue weighted by atomic mass is 16.2. The number of carbonyl (C=O) groups is 2. The molecule has 172 valence electrons. The maximum Gasteiger partial charge on any atom is 0.322 e. The Morgan fingerprint density at radius 1 is 0.970 bits per heavy atom. The van der Waals surface area contributed by atoms with Gasteiger partial charge in [0.2, 0.25) is 5.91 Å². The number of nitrogens with one attached hydrogen (secondary N) is 1. The maximum absolute atomic E-state index is 13.5. The number of amides is 3. The van der Waals surface area contributed by atoms with Crippen LogP contribution < -0.4 is 5.32 Å². The van der Waals surface area contributed by atoms with Gasteiger partial charge in [-0.25, -0.2) is 4.79 Å². The molecule has 0 spiro atoms. The van der Waals surface area contributed by atoms with Gasteiger partial charge in [-0.05, 0) is 61.6 Å². The summed E-state index contributed by atoms with van der Waals surface area (Å²) in [7, 11) is 1.98. The van der Waals surface area contributed by atoms with Gasteiger partial charge in [0.25, 0.3) is 0 Å². The van der Waals surface area contributed by atoms with Crippen LogP contribution in [0.1, 0.15) is 35.2 Å². The largest absolute Gasteiger partial charge is 0.353 e. The molecule has 1 aliphatic carbocycles. The number of benzene rings is 2. The van der Waals surface area contributed by atoms with Crippen molar-refractivity contribution in [1.82, 2.24) is 14.4 Å². The van der Waals surface area contributed by atoms with Crippen LogP contribution in [0.2, 0.25) is 0 Å². The number of aromatic nitrogens is 1. The van der Waals surface area contributed by atoms with E-state index in [1.54, 1.807) is 4.90 Å². The second-order valence-corrected chi connectivity index (χ2v) is 8.88. The van der Waals surface area contributed by atoms with Crippen LogP contribution in [0.4, 0.5) is 10.5 Å². The van der Waals surface area contributed by atoms with Crippen LogP contribution in [0.3, 0.4) is 0 Å². The lowest BCUT2D eigenvalue weighted by Crippen LogP contribution is -2.45. The molecule has 6 nitrogen and oxygen atoms in total. The lowest BCUT2D eigenvalue weighted by molar-refractivity contribution is -0.133. The second kappa shape index (κ2) is 9.94. The zero-order valence-corrected chi connectivity index (χ0v) is 19.6. The standard InChI is InChI=1S/C27H32N4O2/c1-20-9-7-13-25(21(20)2)28-27(33)31(23-14-15-23)19-26(32)30(17-22-10-5-4-6-11-22)18-24-12-8-16-29(24)3/h4-13,16,23H,14-15,17-19H2,1-3H3,(H,28,33). The lowest BCUT2D eigenvalue weighted by Gasteiger charge is -2.28. The molecule has 3 amide bonds. The van der Waals surface area contributed by atoms with Gasteiger partial charge >= 0.3 is 6.03 Å². The fourth-order valence-electron chi connectivity index (χ4n) is 3.96. The molecule has 1 saturated carbocycles. The first-order chi connectivity index (χ1) is 15.9. The van der Waals surface area contributed by atoms with Crippen molar-refractivity contribution in [3.8, 4) is 0 Å². The molecule has 1 heterocycles. The number of aryl methyl sites for hydroxylation is 2. The zero-order chi connectivity index (χ0) is 23.4. The van der Waals surface area contributed by atoms with E-state index in [1.165, 1.54) is 0 Å². The van der Waals surface area contributed by atoms with E-state index in [9.17, 15) is 9.59 Å². The molecule has 0 atom stereocenters. The predicted octanol–water partition coefficient (Wildman–Crippen LogP) is 4.87. The Hall–Kier alpha value is -3.54. The molecule has 1 fully saturated rings. The fraction of sp³-hybridized carbons (Fsp3) is 0.333. The Kier molecular flexibility index (Phi) is 6.82. The van der Waals surface area contributed by atoms with Crippen LogP contribution in [-0.2, 0) is 24.9 Å². The van der Waals surface area contributed by atoms with Gasteiger partial charge in [-0.1, -0.05) is 42.5 Å². The van der Waals surface area contributed by atoms with Gasteiger partial charge in [0, 0.05) is 37.2 Å². The summed E-state index contributed by atoms with van der Waals surface area (Å²) in [5.41, 5.74) is 5.08.